The average Bonchev–Trinajstić information content (AvgIpc) is 3.26. The summed E-state index contributed by atoms with van der Waals surface area (Å²) in [6.45, 7) is 0. The number of aromatic amines is 1. The highest BCUT2D eigenvalue weighted by atomic mass is 16.5. The van der Waals surface area contributed by atoms with Crippen LogP contribution < -0.4 is 15.6 Å². The second kappa shape index (κ2) is 7.28. The minimum Gasteiger partial charge on any atom is -0.496 e. The van der Waals surface area contributed by atoms with Crippen molar-refractivity contribution in [3.8, 4) is 5.75 Å². The molecule has 148 valence electrons. The van der Waals surface area contributed by atoms with Gasteiger partial charge in [-0.2, -0.15) is 9.78 Å². The van der Waals surface area contributed by atoms with Crippen LogP contribution in [0.2, 0.25) is 0 Å². The van der Waals surface area contributed by atoms with E-state index in [0.29, 0.717) is 28.6 Å². The van der Waals surface area contributed by atoms with Gasteiger partial charge >= 0.3 is 0 Å². The van der Waals surface area contributed by atoms with E-state index in [0.717, 1.165) is 11.1 Å². The fraction of sp³-hybridized carbons (Fsp3) is 0.0952. The number of nitrogens with zero attached hydrogens (tertiary/aromatic N) is 5. The highest BCUT2D eigenvalue weighted by Gasteiger charge is 2.34. The smallest absolute Gasteiger partial charge is 0.288 e. The van der Waals surface area contributed by atoms with Gasteiger partial charge in [-0.3, -0.25) is 4.79 Å². The number of para-hydroxylation sites is 1. The van der Waals surface area contributed by atoms with E-state index in [4.69, 9.17) is 4.74 Å². The lowest BCUT2D eigenvalue weighted by Crippen LogP contribution is -2.29. The van der Waals surface area contributed by atoms with Crippen molar-refractivity contribution < 1.29 is 4.74 Å². The van der Waals surface area contributed by atoms with Crippen molar-refractivity contribution in [3.63, 3.8) is 0 Å². The van der Waals surface area contributed by atoms with Gasteiger partial charge in [0.1, 0.15) is 17.5 Å². The maximum atomic E-state index is 12.6. The van der Waals surface area contributed by atoms with Crippen LogP contribution in [-0.4, -0.2) is 37.5 Å². The maximum absolute atomic E-state index is 12.6. The number of nitrogens with one attached hydrogen (secondary N) is 2. The third-order valence-corrected chi connectivity index (χ3v) is 4.96. The predicted molar refractivity (Wildman–Crippen MR) is 112 cm³/mol. The first-order valence-corrected chi connectivity index (χ1v) is 9.30. The molecule has 1 aliphatic heterocycles. The van der Waals surface area contributed by atoms with Gasteiger partial charge in [0, 0.05) is 11.1 Å². The van der Waals surface area contributed by atoms with Crippen molar-refractivity contribution >= 4 is 23.8 Å². The van der Waals surface area contributed by atoms with Gasteiger partial charge in [-0.05, 0) is 28.1 Å². The second-order valence-electron chi connectivity index (χ2n) is 6.69. The van der Waals surface area contributed by atoms with Crippen molar-refractivity contribution in [1.29, 1.82) is 0 Å². The number of hydrogen-bond acceptors (Lipinski definition) is 7. The van der Waals surface area contributed by atoms with E-state index in [9.17, 15) is 4.79 Å². The van der Waals surface area contributed by atoms with E-state index in [2.05, 4.69) is 31.0 Å². The molecule has 9 nitrogen and oxygen atoms in total. The lowest BCUT2D eigenvalue weighted by molar-refractivity contribution is 0.402. The maximum Gasteiger partial charge on any atom is 0.288 e. The lowest BCUT2D eigenvalue weighted by Gasteiger charge is -2.28. The molecule has 0 aliphatic carbocycles. The quantitative estimate of drug-likeness (QED) is 0.478. The normalized spacial score (nSPS) is 14.8. The molecule has 1 atom stereocenters. The highest BCUT2D eigenvalue weighted by molar-refractivity contribution is 5.75. The summed E-state index contributed by atoms with van der Waals surface area (Å²) in [5.41, 5.74) is 3.10. The van der Waals surface area contributed by atoms with Crippen molar-refractivity contribution in [2.24, 2.45) is 0 Å². The van der Waals surface area contributed by atoms with Gasteiger partial charge in [-0.25, -0.2) is 5.10 Å². The minimum absolute atomic E-state index is 0.351. The molecule has 2 aromatic heterocycles. The molecule has 0 fully saturated rings. The minimum atomic E-state index is -0.493. The second-order valence-corrected chi connectivity index (χ2v) is 6.69. The van der Waals surface area contributed by atoms with E-state index >= 15 is 0 Å². The Bertz CT molecular complexity index is 1290. The van der Waals surface area contributed by atoms with Crippen LogP contribution in [0.15, 0.2) is 59.4 Å². The number of aromatic nitrogens is 6. The Balaban J connectivity index is 1.74. The molecule has 0 unspecified atom stereocenters. The van der Waals surface area contributed by atoms with Gasteiger partial charge in [0.2, 0.25) is 5.95 Å². The highest BCUT2D eigenvalue weighted by Crippen LogP contribution is 2.41. The summed E-state index contributed by atoms with van der Waals surface area (Å²) in [7, 11) is 1.60. The number of rotatable bonds is 4. The van der Waals surface area contributed by atoms with Gasteiger partial charge in [-0.15, -0.1) is 0 Å². The van der Waals surface area contributed by atoms with Crippen LogP contribution in [0.25, 0.3) is 12.2 Å². The Morgan fingerprint density at radius 2 is 1.87 bits per heavy atom. The van der Waals surface area contributed by atoms with E-state index in [1.807, 2.05) is 66.7 Å². The predicted octanol–water partition coefficient (Wildman–Crippen LogP) is 2.63. The zero-order valence-corrected chi connectivity index (χ0v) is 16.0. The monoisotopic (exact) mass is 399 g/mol. The number of methoxy groups -OCH3 is 1. The van der Waals surface area contributed by atoms with Crippen molar-refractivity contribution in [1.82, 2.24) is 30.4 Å². The molecule has 0 bridgehead atoms. The molecule has 0 spiro atoms. The number of fused-ring (bicyclic) bond motifs is 2. The fourth-order valence-electron chi connectivity index (χ4n) is 3.61. The molecule has 5 rings (SSSR count). The fourth-order valence-corrected chi connectivity index (χ4v) is 3.61. The zero-order chi connectivity index (χ0) is 20.5. The first-order valence-electron chi connectivity index (χ1n) is 9.30. The molecule has 2 N–H and O–H groups in total. The topological polar surface area (TPSA) is 111 Å². The van der Waals surface area contributed by atoms with Gasteiger partial charge in [-0.1, -0.05) is 59.7 Å². The summed E-state index contributed by atoms with van der Waals surface area (Å²) < 4.78 is 7.20. The summed E-state index contributed by atoms with van der Waals surface area (Å²) in [5.74, 6) is 1.03. The van der Waals surface area contributed by atoms with Crippen molar-refractivity contribution in [3.05, 3.63) is 87.3 Å². The molecular formula is C21H17N7O2. The van der Waals surface area contributed by atoms with E-state index in [1.54, 1.807) is 11.8 Å². The standard InChI is InChI=1S/C21H17N7O2/c1-30-16-10-6-5-9-14(16)19-17-15(12-11-13-7-3-2-4-8-13)23-24-20(29)18(17)22-21-25-26-27-28(19)21/h2-12,19H,1H3,(H,24,29)(H,22,25,27)/b12-11+/t19-/m1/s1. The van der Waals surface area contributed by atoms with Gasteiger partial charge in [0.05, 0.1) is 12.8 Å². The Hall–Kier alpha value is -4.27. The van der Waals surface area contributed by atoms with Crippen LogP contribution in [0.1, 0.15) is 28.4 Å². The molecule has 0 amide bonds. The lowest BCUT2D eigenvalue weighted by atomic mass is 9.94. The third kappa shape index (κ3) is 2.93. The van der Waals surface area contributed by atoms with Crippen molar-refractivity contribution in [2.45, 2.75) is 6.04 Å². The van der Waals surface area contributed by atoms with E-state index in [-0.39, 0.29) is 5.56 Å². The van der Waals surface area contributed by atoms with Crippen LogP contribution >= 0.6 is 0 Å². The molecule has 0 saturated heterocycles. The van der Waals surface area contributed by atoms with Gasteiger partial charge < -0.3 is 10.1 Å². The van der Waals surface area contributed by atoms with Crippen LogP contribution in [0.5, 0.6) is 5.75 Å². The number of ether oxygens (including phenoxy) is 1. The number of H-pyrrole nitrogens is 1. The summed E-state index contributed by atoms with van der Waals surface area (Å²) >= 11 is 0. The third-order valence-electron chi connectivity index (χ3n) is 4.96. The summed E-state index contributed by atoms with van der Waals surface area (Å²) in [4.78, 5) is 12.6. The van der Waals surface area contributed by atoms with Crippen LogP contribution in [-0.2, 0) is 0 Å². The Labute approximate surface area is 171 Å². The first kappa shape index (κ1) is 17.8. The molecule has 2 aromatic carbocycles. The average molecular weight is 399 g/mol. The molecular weight excluding hydrogens is 382 g/mol. The molecule has 1 aliphatic rings. The Morgan fingerprint density at radius 1 is 1.07 bits per heavy atom. The number of benzene rings is 2. The molecule has 3 heterocycles. The number of anilines is 2. The van der Waals surface area contributed by atoms with Gasteiger partial charge in [0.15, 0.2) is 0 Å². The van der Waals surface area contributed by atoms with E-state index < -0.39 is 6.04 Å². The zero-order valence-electron chi connectivity index (χ0n) is 16.0. The number of hydrogen-bond donors (Lipinski definition) is 2. The Morgan fingerprint density at radius 3 is 2.70 bits per heavy atom. The van der Waals surface area contributed by atoms with Crippen LogP contribution in [0.3, 0.4) is 0 Å². The van der Waals surface area contributed by atoms with E-state index in [1.165, 1.54) is 0 Å². The van der Waals surface area contributed by atoms with Crippen molar-refractivity contribution in [2.75, 3.05) is 12.4 Å². The SMILES string of the molecule is COc1ccccc1[C@@H]1c2c(/C=C/c3ccccc3)n[nH]c(=O)c2Nc2nnnn21. The summed E-state index contributed by atoms with van der Waals surface area (Å²) in [5, 5.41) is 21.8. The van der Waals surface area contributed by atoms with Gasteiger partial charge in [0.25, 0.3) is 5.56 Å². The van der Waals surface area contributed by atoms with Crippen LogP contribution in [0, 0.1) is 0 Å². The summed E-state index contributed by atoms with van der Waals surface area (Å²) in [6, 6.07) is 16.9. The molecule has 4 aromatic rings. The largest absolute Gasteiger partial charge is 0.496 e. The van der Waals surface area contributed by atoms with Crippen LogP contribution in [0.4, 0.5) is 11.6 Å². The first-order chi connectivity index (χ1) is 14.8. The Kier molecular flexibility index (Phi) is 4.32. The molecule has 9 heteroatoms. The molecule has 0 radical (unpaired) electrons. The molecule has 30 heavy (non-hydrogen) atoms. The summed E-state index contributed by atoms with van der Waals surface area (Å²) in [6.07, 6.45) is 3.80. The molecule has 0 saturated carbocycles. The number of tetrazole rings is 1.